The van der Waals surface area contributed by atoms with Crippen LogP contribution in [-0.2, 0) is 4.74 Å². The average Bonchev–Trinajstić information content (AvgIpc) is 2.53. The van der Waals surface area contributed by atoms with E-state index >= 15 is 0 Å². The molecule has 3 atom stereocenters. The minimum absolute atomic E-state index is 0.481. The number of hydrogen-bond acceptors (Lipinski definition) is 2. The smallest absolute Gasteiger partial charge is 0.0553 e. The molecule has 2 heterocycles. The summed E-state index contributed by atoms with van der Waals surface area (Å²) in [5.41, 5.74) is 0. The molecular formula is C11H21NO. The summed E-state index contributed by atoms with van der Waals surface area (Å²) < 4.78 is 5.76. The van der Waals surface area contributed by atoms with Crippen molar-refractivity contribution in [2.75, 3.05) is 13.1 Å². The van der Waals surface area contributed by atoms with E-state index in [-0.39, 0.29) is 0 Å². The molecule has 2 fully saturated rings. The normalized spacial score (nSPS) is 46.6. The minimum atomic E-state index is 0.481. The first-order valence-electron chi connectivity index (χ1n) is 5.62. The molecule has 0 aromatic heterocycles. The SMILES string of the molecule is CC1CC(C2CCNC2)CC(C)O1. The van der Waals surface area contributed by atoms with Crippen molar-refractivity contribution >= 4 is 0 Å². The highest BCUT2D eigenvalue weighted by Gasteiger charge is 2.31. The summed E-state index contributed by atoms with van der Waals surface area (Å²) in [6.45, 7) is 6.89. The van der Waals surface area contributed by atoms with Gasteiger partial charge in [-0.3, -0.25) is 0 Å². The van der Waals surface area contributed by atoms with Gasteiger partial charge in [0.25, 0.3) is 0 Å². The topological polar surface area (TPSA) is 21.3 Å². The van der Waals surface area contributed by atoms with Crippen molar-refractivity contribution in [2.45, 2.75) is 45.3 Å². The predicted octanol–water partition coefficient (Wildman–Crippen LogP) is 1.80. The highest BCUT2D eigenvalue weighted by atomic mass is 16.5. The zero-order chi connectivity index (χ0) is 9.26. The second-order valence-corrected chi connectivity index (χ2v) is 4.74. The van der Waals surface area contributed by atoms with Crippen molar-refractivity contribution in [1.29, 1.82) is 0 Å². The molecule has 3 unspecified atom stereocenters. The molecule has 0 aliphatic carbocycles. The molecule has 2 saturated heterocycles. The van der Waals surface area contributed by atoms with Crippen LogP contribution in [0, 0.1) is 11.8 Å². The molecule has 2 aliphatic heterocycles. The van der Waals surface area contributed by atoms with E-state index in [1.54, 1.807) is 0 Å². The monoisotopic (exact) mass is 183 g/mol. The van der Waals surface area contributed by atoms with Crippen LogP contribution in [-0.4, -0.2) is 25.3 Å². The Kier molecular flexibility index (Phi) is 2.89. The molecule has 0 bridgehead atoms. The van der Waals surface area contributed by atoms with Crippen LogP contribution in [0.25, 0.3) is 0 Å². The zero-order valence-corrected chi connectivity index (χ0v) is 8.75. The lowest BCUT2D eigenvalue weighted by molar-refractivity contribution is -0.0617. The molecule has 0 aromatic carbocycles. The van der Waals surface area contributed by atoms with Gasteiger partial charge in [-0.1, -0.05) is 0 Å². The first-order valence-corrected chi connectivity index (χ1v) is 5.62. The van der Waals surface area contributed by atoms with Gasteiger partial charge in [-0.15, -0.1) is 0 Å². The quantitative estimate of drug-likeness (QED) is 0.669. The Hall–Kier alpha value is -0.0800. The van der Waals surface area contributed by atoms with Crippen molar-refractivity contribution in [2.24, 2.45) is 11.8 Å². The van der Waals surface area contributed by atoms with Crippen molar-refractivity contribution in [3.63, 3.8) is 0 Å². The molecule has 2 heteroatoms. The van der Waals surface area contributed by atoms with Gasteiger partial charge in [-0.2, -0.15) is 0 Å². The van der Waals surface area contributed by atoms with E-state index in [1.807, 2.05) is 0 Å². The largest absolute Gasteiger partial charge is 0.376 e. The summed E-state index contributed by atoms with van der Waals surface area (Å²) in [4.78, 5) is 0. The second-order valence-electron chi connectivity index (χ2n) is 4.74. The molecule has 0 amide bonds. The molecule has 13 heavy (non-hydrogen) atoms. The number of hydrogen-bond donors (Lipinski definition) is 1. The van der Waals surface area contributed by atoms with Crippen molar-refractivity contribution < 1.29 is 4.74 Å². The Labute approximate surface area is 81.0 Å². The highest BCUT2D eigenvalue weighted by Crippen LogP contribution is 2.33. The van der Waals surface area contributed by atoms with Crippen molar-refractivity contribution in [3.05, 3.63) is 0 Å². The minimum Gasteiger partial charge on any atom is -0.376 e. The number of ether oxygens (including phenoxy) is 1. The van der Waals surface area contributed by atoms with Gasteiger partial charge < -0.3 is 10.1 Å². The lowest BCUT2D eigenvalue weighted by atomic mass is 9.81. The van der Waals surface area contributed by atoms with Crippen LogP contribution in [0.3, 0.4) is 0 Å². The third kappa shape index (κ3) is 2.23. The molecule has 0 radical (unpaired) electrons. The van der Waals surface area contributed by atoms with Gasteiger partial charge >= 0.3 is 0 Å². The Bertz CT molecular complexity index is 155. The summed E-state index contributed by atoms with van der Waals surface area (Å²) >= 11 is 0. The van der Waals surface area contributed by atoms with Gasteiger partial charge in [0.2, 0.25) is 0 Å². The predicted molar refractivity (Wildman–Crippen MR) is 53.7 cm³/mol. The van der Waals surface area contributed by atoms with E-state index in [1.165, 1.54) is 32.4 Å². The van der Waals surface area contributed by atoms with Gasteiger partial charge in [0.15, 0.2) is 0 Å². The third-order valence-electron chi connectivity index (χ3n) is 3.50. The molecule has 0 saturated carbocycles. The molecule has 0 aromatic rings. The van der Waals surface area contributed by atoms with Gasteiger partial charge in [0, 0.05) is 0 Å². The molecule has 2 aliphatic rings. The Balaban J connectivity index is 1.90. The van der Waals surface area contributed by atoms with Crippen LogP contribution >= 0.6 is 0 Å². The van der Waals surface area contributed by atoms with Crippen LogP contribution in [0.1, 0.15) is 33.1 Å². The third-order valence-corrected chi connectivity index (χ3v) is 3.50. The fourth-order valence-corrected chi connectivity index (χ4v) is 2.92. The van der Waals surface area contributed by atoms with Crippen LogP contribution in [0.15, 0.2) is 0 Å². The van der Waals surface area contributed by atoms with E-state index in [0.717, 1.165) is 11.8 Å². The average molecular weight is 183 g/mol. The van der Waals surface area contributed by atoms with Gasteiger partial charge in [0.1, 0.15) is 0 Å². The Morgan fingerprint density at radius 1 is 1.08 bits per heavy atom. The maximum Gasteiger partial charge on any atom is 0.0553 e. The maximum absolute atomic E-state index is 5.76. The molecule has 1 N–H and O–H groups in total. The molecular weight excluding hydrogens is 162 g/mol. The summed E-state index contributed by atoms with van der Waals surface area (Å²) in [5, 5.41) is 3.46. The van der Waals surface area contributed by atoms with Crippen molar-refractivity contribution in [1.82, 2.24) is 5.32 Å². The number of nitrogens with one attached hydrogen (secondary N) is 1. The van der Waals surface area contributed by atoms with Crippen LogP contribution in [0.2, 0.25) is 0 Å². The summed E-state index contributed by atoms with van der Waals surface area (Å²) in [6, 6.07) is 0. The standard InChI is InChI=1S/C11H21NO/c1-8-5-11(6-9(2)13-8)10-3-4-12-7-10/h8-12H,3-7H2,1-2H3. The molecule has 76 valence electrons. The van der Waals surface area contributed by atoms with E-state index in [9.17, 15) is 0 Å². The summed E-state index contributed by atoms with van der Waals surface area (Å²) in [5.74, 6) is 1.84. The summed E-state index contributed by atoms with van der Waals surface area (Å²) in [7, 11) is 0. The Morgan fingerprint density at radius 3 is 2.31 bits per heavy atom. The first kappa shape index (κ1) is 9.47. The van der Waals surface area contributed by atoms with E-state index in [4.69, 9.17) is 4.74 Å². The molecule has 2 nitrogen and oxygen atoms in total. The van der Waals surface area contributed by atoms with E-state index < -0.39 is 0 Å². The highest BCUT2D eigenvalue weighted by molar-refractivity contribution is 4.83. The van der Waals surface area contributed by atoms with Crippen LogP contribution in [0.5, 0.6) is 0 Å². The summed E-state index contributed by atoms with van der Waals surface area (Å²) in [6.07, 6.45) is 4.89. The lowest BCUT2D eigenvalue weighted by Gasteiger charge is -2.35. The fourth-order valence-electron chi connectivity index (χ4n) is 2.92. The number of rotatable bonds is 1. The second kappa shape index (κ2) is 3.97. The fraction of sp³-hybridized carbons (Fsp3) is 1.00. The molecule has 2 rings (SSSR count). The van der Waals surface area contributed by atoms with Crippen molar-refractivity contribution in [3.8, 4) is 0 Å². The zero-order valence-electron chi connectivity index (χ0n) is 8.75. The first-order chi connectivity index (χ1) is 6.25. The van der Waals surface area contributed by atoms with E-state index in [2.05, 4.69) is 19.2 Å². The van der Waals surface area contributed by atoms with Gasteiger partial charge in [0.05, 0.1) is 12.2 Å². The lowest BCUT2D eigenvalue weighted by Crippen LogP contribution is -2.33. The maximum atomic E-state index is 5.76. The van der Waals surface area contributed by atoms with Gasteiger partial charge in [-0.05, 0) is 58.0 Å². The molecule has 0 spiro atoms. The van der Waals surface area contributed by atoms with Crippen LogP contribution in [0.4, 0.5) is 0 Å². The Morgan fingerprint density at radius 2 is 1.77 bits per heavy atom. The van der Waals surface area contributed by atoms with E-state index in [0.29, 0.717) is 12.2 Å². The van der Waals surface area contributed by atoms with Gasteiger partial charge in [-0.25, -0.2) is 0 Å². The van der Waals surface area contributed by atoms with Crippen LogP contribution < -0.4 is 5.32 Å².